The molecule has 4 atom stereocenters. The molecule has 152 valence electrons. The molecular weight excluding hydrogens is 364 g/mol. The van der Waals surface area contributed by atoms with E-state index in [1.807, 2.05) is 18.4 Å². The standard InChI is InChI=1S/C19H32N2O5Si/c1-12(2)16-13(3)20-19(21(16)11-23-7-8-27(4,5)6)26-15-10-25-17-14(22)9-24-18(15)17/h14-15,17-18,22H,3,7-11H2,1-2,4-6H3. The Kier molecular flexibility index (Phi) is 6.12. The molecule has 0 aromatic carbocycles. The van der Waals surface area contributed by atoms with Crippen molar-refractivity contribution in [3.8, 4) is 6.01 Å². The summed E-state index contributed by atoms with van der Waals surface area (Å²) in [5.41, 5.74) is 1.10. The van der Waals surface area contributed by atoms with E-state index in [4.69, 9.17) is 18.9 Å². The smallest absolute Gasteiger partial charge is 0.299 e. The van der Waals surface area contributed by atoms with Crippen LogP contribution in [0, 0.1) is 0 Å². The Bertz CT molecular complexity index is 768. The van der Waals surface area contributed by atoms with Crippen LogP contribution in [0.25, 0.3) is 12.2 Å². The lowest BCUT2D eigenvalue weighted by molar-refractivity contribution is 0.00282. The molecule has 1 aromatic heterocycles. The number of fused-ring (bicyclic) bond motifs is 1. The highest BCUT2D eigenvalue weighted by Crippen LogP contribution is 2.29. The zero-order valence-corrected chi connectivity index (χ0v) is 18.0. The maximum atomic E-state index is 9.91. The first-order chi connectivity index (χ1) is 12.7. The van der Waals surface area contributed by atoms with E-state index < -0.39 is 14.2 Å². The maximum Gasteiger partial charge on any atom is 0.299 e. The van der Waals surface area contributed by atoms with Crippen LogP contribution in [0.4, 0.5) is 0 Å². The van der Waals surface area contributed by atoms with Crippen LogP contribution in [-0.2, 0) is 20.9 Å². The summed E-state index contributed by atoms with van der Waals surface area (Å²) in [5, 5.41) is 11.5. The van der Waals surface area contributed by atoms with E-state index in [0.29, 0.717) is 31.3 Å². The fourth-order valence-electron chi connectivity index (χ4n) is 3.46. The number of imidazole rings is 1. The van der Waals surface area contributed by atoms with Gasteiger partial charge in [-0.25, -0.2) is 0 Å². The van der Waals surface area contributed by atoms with E-state index in [-0.39, 0.29) is 24.9 Å². The number of aliphatic hydroxyl groups is 1. The van der Waals surface area contributed by atoms with Crippen molar-refractivity contribution in [1.29, 1.82) is 0 Å². The Labute approximate surface area is 161 Å². The van der Waals surface area contributed by atoms with Gasteiger partial charge in [0.05, 0.1) is 23.9 Å². The molecule has 1 N–H and O–H groups in total. The topological polar surface area (TPSA) is 75.0 Å². The molecule has 1 aromatic rings. The van der Waals surface area contributed by atoms with Crippen molar-refractivity contribution in [2.45, 2.75) is 70.7 Å². The summed E-state index contributed by atoms with van der Waals surface area (Å²) in [5.74, 6) is 0. The molecule has 2 aliphatic rings. The van der Waals surface area contributed by atoms with Gasteiger partial charge in [0.2, 0.25) is 0 Å². The minimum Gasteiger partial charge on any atom is -0.456 e. The van der Waals surface area contributed by atoms with Crippen molar-refractivity contribution in [2.24, 2.45) is 0 Å². The highest BCUT2D eigenvalue weighted by atomic mass is 28.3. The monoisotopic (exact) mass is 396 g/mol. The lowest BCUT2D eigenvalue weighted by Crippen LogP contribution is -2.36. The number of nitrogens with zero attached hydrogens (tertiary/aromatic N) is 2. The second-order valence-corrected chi connectivity index (χ2v) is 14.4. The van der Waals surface area contributed by atoms with E-state index in [9.17, 15) is 5.11 Å². The largest absolute Gasteiger partial charge is 0.456 e. The number of hydrogen-bond donors (Lipinski definition) is 1. The van der Waals surface area contributed by atoms with Gasteiger partial charge in [-0.2, -0.15) is 4.98 Å². The van der Waals surface area contributed by atoms with Gasteiger partial charge in [-0.05, 0) is 19.9 Å². The van der Waals surface area contributed by atoms with Gasteiger partial charge in [0, 0.05) is 14.7 Å². The molecule has 3 rings (SSSR count). The molecule has 0 radical (unpaired) electrons. The predicted octanol–water partition coefficient (Wildman–Crippen LogP) is 0.702. The number of hydrogen-bond acceptors (Lipinski definition) is 6. The molecule has 0 aliphatic carbocycles. The van der Waals surface area contributed by atoms with E-state index >= 15 is 0 Å². The van der Waals surface area contributed by atoms with Gasteiger partial charge in [-0.3, -0.25) is 4.57 Å². The van der Waals surface area contributed by atoms with Crippen molar-refractivity contribution in [3.63, 3.8) is 0 Å². The number of aromatic nitrogens is 2. The van der Waals surface area contributed by atoms with Crippen LogP contribution in [0.5, 0.6) is 6.01 Å². The highest BCUT2D eigenvalue weighted by molar-refractivity contribution is 6.76. The highest BCUT2D eigenvalue weighted by Gasteiger charge is 2.48. The van der Waals surface area contributed by atoms with Crippen molar-refractivity contribution < 1.29 is 24.1 Å². The molecular formula is C19H32N2O5Si. The average Bonchev–Trinajstić information content (AvgIpc) is 3.20. The van der Waals surface area contributed by atoms with Crippen LogP contribution in [0.2, 0.25) is 25.7 Å². The van der Waals surface area contributed by atoms with Gasteiger partial charge < -0.3 is 24.1 Å². The van der Waals surface area contributed by atoms with Crippen LogP contribution in [0.15, 0.2) is 0 Å². The van der Waals surface area contributed by atoms with Gasteiger partial charge >= 0.3 is 0 Å². The Balaban J connectivity index is 1.76. The molecule has 8 heteroatoms. The lowest BCUT2D eigenvalue weighted by atomic mass is 10.1. The second kappa shape index (κ2) is 8.04. The lowest BCUT2D eigenvalue weighted by Gasteiger charge is -2.19. The fraction of sp³-hybridized carbons (Fsp3) is 0.737. The molecule has 2 fully saturated rings. The summed E-state index contributed by atoms with van der Waals surface area (Å²) in [4.78, 5) is 4.52. The van der Waals surface area contributed by atoms with Crippen LogP contribution >= 0.6 is 0 Å². The van der Waals surface area contributed by atoms with Gasteiger partial charge in [0.25, 0.3) is 6.01 Å². The van der Waals surface area contributed by atoms with Gasteiger partial charge in [0.15, 0.2) is 6.10 Å². The van der Waals surface area contributed by atoms with Crippen molar-refractivity contribution >= 4 is 20.2 Å². The summed E-state index contributed by atoms with van der Waals surface area (Å²) in [7, 11) is -1.15. The van der Waals surface area contributed by atoms with E-state index in [1.165, 1.54) is 0 Å². The molecule has 2 saturated heterocycles. The predicted molar refractivity (Wildman–Crippen MR) is 106 cm³/mol. The third kappa shape index (κ3) is 4.63. The van der Waals surface area contributed by atoms with Gasteiger partial charge in [0.1, 0.15) is 25.0 Å². The fourth-order valence-corrected chi connectivity index (χ4v) is 4.22. The molecule has 0 amide bonds. The molecule has 4 unspecified atom stereocenters. The Morgan fingerprint density at radius 2 is 1.96 bits per heavy atom. The molecule has 0 saturated carbocycles. The summed E-state index contributed by atoms with van der Waals surface area (Å²) in [6.45, 7) is 16.8. The van der Waals surface area contributed by atoms with Crippen molar-refractivity contribution in [3.05, 3.63) is 10.7 Å². The Morgan fingerprint density at radius 3 is 2.63 bits per heavy atom. The minimum atomic E-state index is -1.15. The summed E-state index contributed by atoms with van der Waals surface area (Å²) in [6.07, 6.45) is -1.51. The molecule has 7 nitrogen and oxygen atoms in total. The zero-order chi connectivity index (χ0) is 19.8. The number of aliphatic hydroxyl groups excluding tert-OH is 1. The van der Waals surface area contributed by atoms with Gasteiger partial charge in [-0.1, -0.05) is 31.8 Å². The molecule has 3 heterocycles. The third-order valence-electron chi connectivity index (χ3n) is 4.93. The molecule has 27 heavy (non-hydrogen) atoms. The van der Waals surface area contributed by atoms with Crippen molar-refractivity contribution in [2.75, 3.05) is 19.8 Å². The van der Waals surface area contributed by atoms with Crippen LogP contribution in [0.1, 0.15) is 13.8 Å². The van der Waals surface area contributed by atoms with E-state index in [1.54, 1.807) is 0 Å². The van der Waals surface area contributed by atoms with E-state index in [0.717, 1.165) is 17.0 Å². The normalized spacial score (nSPS) is 27.8. The molecule has 2 aliphatic heterocycles. The first-order valence-corrected chi connectivity index (χ1v) is 13.3. The van der Waals surface area contributed by atoms with Crippen molar-refractivity contribution in [1.82, 2.24) is 9.55 Å². The van der Waals surface area contributed by atoms with Crippen LogP contribution in [0.3, 0.4) is 0 Å². The van der Waals surface area contributed by atoms with Gasteiger partial charge in [-0.15, -0.1) is 0 Å². The first kappa shape index (κ1) is 20.5. The second-order valence-electron chi connectivity index (χ2n) is 8.79. The summed E-state index contributed by atoms with van der Waals surface area (Å²) >= 11 is 0. The number of ether oxygens (including phenoxy) is 4. The quantitative estimate of drug-likeness (QED) is 0.540. The molecule has 0 spiro atoms. The Hall–Kier alpha value is -1.19. The summed E-state index contributed by atoms with van der Waals surface area (Å²) in [6, 6.07) is 1.56. The van der Waals surface area contributed by atoms with Crippen LogP contribution < -0.4 is 15.4 Å². The first-order valence-electron chi connectivity index (χ1n) is 9.56. The number of rotatable bonds is 7. The minimum absolute atomic E-state index is 0.275. The maximum absolute atomic E-state index is 9.91. The SMILES string of the molecule is C=c1nc(OC2COC3C(O)COC23)n(COCC[Si](C)(C)C)c1=C(C)C. The zero-order valence-electron chi connectivity index (χ0n) is 17.0. The third-order valence-corrected chi connectivity index (χ3v) is 6.64. The molecule has 0 bridgehead atoms. The summed E-state index contributed by atoms with van der Waals surface area (Å²) < 4.78 is 25.3. The van der Waals surface area contributed by atoms with Crippen LogP contribution in [-0.4, -0.2) is 67.0 Å². The Morgan fingerprint density at radius 1 is 1.26 bits per heavy atom. The van der Waals surface area contributed by atoms with E-state index in [2.05, 4.69) is 31.2 Å². The average molecular weight is 397 g/mol.